The minimum Gasteiger partial charge on any atom is -0.368 e. The lowest BCUT2D eigenvalue weighted by molar-refractivity contribution is -0.141. The van der Waals surface area contributed by atoms with Crippen LogP contribution in [0.2, 0.25) is 0 Å². The summed E-state index contributed by atoms with van der Waals surface area (Å²) >= 11 is 4.47. The van der Waals surface area contributed by atoms with Crippen LogP contribution in [0.25, 0.3) is 0 Å². The van der Waals surface area contributed by atoms with Gasteiger partial charge in [-0.05, 0) is 32.6 Å². The molecule has 0 aromatic carbocycles. The molecule has 1 heterocycles. The van der Waals surface area contributed by atoms with Crippen LogP contribution in [0, 0.1) is 5.92 Å². The van der Waals surface area contributed by atoms with Crippen molar-refractivity contribution in [3.8, 4) is 0 Å². The SMILES string of the molecule is C[C@H](NC(=O)[C@@H]1CCCN1C(=O)[C@H]1CCC[C@H]1S)C(N)=O. The predicted octanol–water partition coefficient (Wildman–Crippen LogP) is 0.0659. The van der Waals surface area contributed by atoms with Crippen molar-refractivity contribution >= 4 is 30.4 Å². The molecule has 0 aromatic heterocycles. The molecule has 0 aromatic rings. The second-order valence-electron chi connectivity index (χ2n) is 5.93. The molecule has 6 nitrogen and oxygen atoms in total. The fourth-order valence-corrected chi connectivity index (χ4v) is 3.58. The molecular weight excluding hydrogens is 290 g/mol. The molecule has 7 heteroatoms. The lowest BCUT2D eigenvalue weighted by atomic mass is 10.1. The van der Waals surface area contributed by atoms with E-state index in [1.807, 2.05) is 0 Å². The summed E-state index contributed by atoms with van der Waals surface area (Å²) in [6.07, 6.45) is 4.23. The largest absolute Gasteiger partial charge is 0.368 e. The van der Waals surface area contributed by atoms with Crippen molar-refractivity contribution in [3.05, 3.63) is 0 Å². The summed E-state index contributed by atoms with van der Waals surface area (Å²) in [5.41, 5.74) is 5.15. The van der Waals surface area contributed by atoms with Crippen LogP contribution < -0.4 is 11.1 Å². The molecule has 2 aliphatic rings. The highest BCUT2D eigenvalue weighted by Crippen LogP contribution is 2.33. The van der Waals surface area contributed by atoms with Gasteiger partial charge in [0.25, 0.3) is 0 Å². The van der Waals surface area contributed by atoms with Crippen molar-refractivity contribution in [3.63, 3.8) is 0 Å². The summed E-state index contributed by atoms with van der Waals surface area (Å²) in [7, 11) is 0. The van der Waals surface area contributed by atoms with Crippen LogP contribution in [0.1, 0.15) is 39.0 Å². The molecule has 1 saturated heterocycles. The molecule has 21 heavy (non-hydrogen) atoms. The van der Waals surface area contributed by atoms with Gasteiger partial charge in [-0.25, -0.2) is 0 Å². The molecular formula is C14H23N3O3S. The molecule has 3 amide bonds. The molecule has 0 spiro atoms. The fraction of sp³-hybridized carbons (Fsp3) is 0.786. The van der Waals surface area contributed by atoms with Gasteiger partial charge in [-0.2, -0.15) is 12.6 Å². The van der Waals surface area contributed by atoms with E-state index < -0.39 is 18.0 Å². The molecule has 118 valence electrons. The average Bonchev–Trinajstić information content (AvgIpc) is 3.06. The van der Waals surface area contributed by atoms with Gasteiger partial charge in [0, 0.05) is 17.7 Å². The molecule has 4 atom stereocenters. The first-order valence-corrected chi connectivity index (χ1v) is 8.01. The summed E-state index contributed by atoms with van der Waals surface area (Å²) in [4.78, 5) is 37.5. The van der Waals surface area contributed by atoms with Gasteiger partial charge in [0.1, 0.15) is 12.1 Å². The van der Waals surface area contributed by atoms with Crippen LogP contribution in [-0.2, 0) is 14.4 Å². The summed E-state index contributed by atoms with van der Waals surface area (Å²) in [6.45, 7) is 2.14. The number of nitrogens with one attached hydrogen (secondary N) is 1. The van der Waals surface area contributed by atoms with Gasteiger partial charge in [-0.3, -0.25) is 14.4 Å². The highest BCUT2D eigenvalue weighted by molar-refractivity contribution is 7.81. The number of primary amides is 1. The van der Waals surface area contributed by atoms with Crippen LogP contribution in [0.15, 0.2) is 0 Å². The Morgan fingerprint density at radius 2 is 1.95 bits per heavy atom. The number of thiol groups is 1. The Bertz CT molecular complexity index is 443. The number of nitrogens with zero attached hydrogens (tertiary/aromatic N) is 1. The first-order chi connectivity index (χ1) is 9.91. The fourth-order valence-electron chi connectivity index (χ4n) is 3.13. The molecule has 0 radical (unpaired) electrons. The number of amides is 3. The summed E-state index contributed by atoms with van der Waals surface area (Å²) < 4.78 is 0. The van der Waals surface area contributed by atoms with Crippen LogP contribution in [0.5, 0.6) is 0 Å². The van der Waals surface area contributed by atoms with Gasteiger partial charge in [-0.1, -0.05) is 6.42 Å². The van der Waals surface area contributed by atoms with E-state index in [2.05, 4.69) is 17.9 Å². The standard InChI is InChI=1S/C14H23N3O3S/c1-8(12(15)18)16-13(19)10-5-3-7-17(10)14(20)9-4-2-6-11(9)21/h8-11,21H,2-7H2,1H3,(H2,15,18)(H,16,19)/t8-,9-,10-,11+/m0/s1. The van der Waals surface area contributed by atoms with E-state index in [-0.39, 0.29) is 23.0 Å². The predicted molar refractivity (Wildman–Crippen MR) is 81.6 cm³/mol. The van der Waals surface area contributed by atoms with Crippen molar-refractivity contribution in [2.45, 2.75) is 56.4 Å². The van der Waals surface area contributed by atoms with Crippen molar-refractivity contribution in [2.75, 3.05) is 6.54 Å². The number of nitrogens with two attached hydrogens (primary N) is 1. The molecule has 2 fully saturated rings. The molecule has 1 aliphatic heterocycles. The zero-order chi connectivity index (χ0) is 15.6. The lowest BCUT2D eigenvalue weighted by Gasteiger charge is -2.28. The van der Waals surface area contributed by atoms with E-state index in [0.29, 0.717) is 13.0 Å². The summed E-state index contributed by atoms with van der Waals surface area (Å²) in [5, 5.41) is 2.67. The first kappa shape index (κ1) is 16.1. The monoisotopic (exact) mass is 313 g/mol. The van der Waals surface area contributed by atoms with E-state index in [0.717, 1.165) is 25.7 Å². The summed E-state index contributed by atoms with van der Waals surface area (Å²) in [6, 6.07) is -1.21. The number of rotatable bonds is 4. The smallest absolute Gasteiger partial charge is 0.243 e. The number of carbonyl (C=O) groups is 3. The number of hydrogen-bond acceptors (Lipinski definition) is 4. The maximum absolute atomic E-state index is 12.6. The van der Waals surface area contributed by atoms with Crippen molar-refractivity contribution in [2.24, 2.45) is 11.7 Å². The van der Waals surface area contributed by atoms with Crippen LogP contribution >= 0.6 is 12.6 Å². The van der Waals surface area contributed by atoms with Gasteiger partial charge >= 0.3 is 0 Å². The minimum atomic E-state index is -0.723. The number of hydrogen-bond donors (Lipinski definition) is 3. The Labute approximate surface area is 130 Å². The molecule has 0 unspecified atom stereocenters. The van der Waals surface area contributed by atoms with E-state index in [9.17, 15) is 14.4 Å². The Morgan fingerprint density at radius 1 is 1.24 bits per heavy atom. The van der Waals surface area contributed by atoms with Crippen LogP contribution in [0.4, 0.5) is 0 Å². The maximum Gasteiger partial charge on any atom is 0.243 e. The highest BCUT2D eigenvalue weighted by atomic mass is 32.1. The lowest BCUT2D eigenvalue weighted by Crippen LogP contribution is -2.52. The van der Waals surface area contributed by atoms with Gasteiger partial charge < -0.3 is 16.0 Å². The van der Waals surface area contributed by atoms with Crippen molar-refractivity contribution in [1.29, 1.82) is 0 Å². The third kappa shape index (κ3) is 3.51. The first-order valence-electron chi connectivity index (χ1n) is 7.50. The Balaban J connectivity index is 2.01. The van der Waals surface area contributed by atoms with Crippen molar-refractivity contribution < 1.29 is 14.4 Å². The molecule has 0 bridgehead atoms. The van der Waals surface area contributed by atoms with E-state index in [1.54, 1.807) is 11.8 Å². The van der Waals surface area contributed by atoms with E-state index in [4.69, 9.17) is 5.73 Å². The maximum atomic E-state index is 12.6. The van der Waals surface area contributed by atoms with Crippen molar-refractivity contribution in [1.82, 2.24) is 10.2 Å². The Morgan fingerprint density at radius 3 is 2.52 bits per heavy atom. The second kappa shape index (κ2) is 6.68. The quantitative estimate of drug-likeness (QED) is 0.641. The molecule has 2 rings (SSSR count). The third-order valence-corrected chi connectivity index (χ3v) is 5.04. The third-order valence-electron chi connectivity index (χ3n) is 4.42. The van der Waals surface area contributed by atoms with Gasteiger partial charge in [0.15, 0.2) is 0 Å². The van der Waals surface area contributed by atoms with E-state index in [1.165, 1.54) is 0 Å². The van der Waals surface area contributed by atoms with Gasteiger partial charge in [0.05, 0.1) is 0 Å². The van der Waals surface area contributed by atoms with Crippen LogP contribution in [-0.4, -0.2) is 46.5 Å². The Kier molecular flexibility index (Phi) is 5.13. The normalized spacial score (nSPS) is 30.2. The molecule has 1 saturated carbocycles. The Hall–Kier alpha value is -1.24. The molecule has 3 N–H and O–H groups in total. The zero-order valence-corrected chi connectivity index (χ0v) is 13.1. The average molecular weight is 313 g/mol. The topological polar surface area (TPSA) is 92.5 Å². The van der Waals surface area contributed by atoms with Gasteiger partial charge in [0.2, 0.25) is 17.7 Å². The second-order valence-corrected chi connectivity index (χ2v) is 6.59. The zero-order valence-electron chi connectivity index (χ0n) is 12.2. The number of likely N-dealkylation sites (tertiary alicyclic amines) is 1. The van der Waals surface area contributed by atoms with Gasteiger partial charge in [-0.15, -0.1) is 0 Å². The minimum absolute atomic E-state index is 0.0249. The number of carbonyl (C=O) groups excluding carboxylic acids is 3. The van der Waals surface area contributed by atoms with E-state index >= 15 is 0 Å². The highest BCUT2D eigenvalue weighted by Gasteiger charge is 2.40. The summed E-state index contributed by atoms with van der Waals surface area (Å²) in [5.74, 6) is -0.932. The van der Waals surface area contributed by atoms with Crippen LogP contribution in [0.3, 0.4) is 0 Å². The molecule has 1 aliphatic carbocycles.